The zero-order chi connectivity index (χ0) is 22.7. The van der Waals surface area contributed by atoms with Crippen molar-refractivity contribution in [2.45, 2.75) is 20.4 Å². The average Bonchev–Trinajstić information content (AvgIpc) is 3.33. The van der Waals surface area contributed by atoms with E-state index < -0.39 is 12.6 Å². The van der Waals surface area contributed by atoms with E-state index in [-0.39, 0.29) is 16.6 Å². The van der Waals surface area contributed by atoms with Crippen molar-refractivity contribution in [3.05, 3.63) is 76.6 Å². The van der Waals surface area contributed by atoms with Gasteiger partial charge in [0.1, 0.15) is 10.7 Å². The van der Waals surface area contributed by atoms with Gasteiger partial charge in [0.15, 0.2) is 11.7 Å². The summed E-state index contributed by atoms with van der Waals surface area (Å²) < 4.78 is 7.83. The highest BCUT2D eigenvalue weighted by molar-refractivity contribution is 7.22. The molecule has 0 fully saturated rings. The van der Waals surface area contributed by atoms with E-state index in [4.69, 9.17) is 16.3 Å². The van der Waals surface area contributed by atoms with Crippen LogP contribution in [0.5, 0.6) is 0 Å². The van der Waals surface area contributed by atoms with Gasteiger partial charge in [-0.15, -0.1) is 0 Å². The number of anilines is 1. The Hall–Kier alpha value is -3.23. The van der Waals surface area contributed by atoms with E-state index in [2.05, 4.69) is 10.1 Å². The number of thiazole rings is 1. The van der Waals surface area contributed by atoms with Gasteiger partial charge >= 0.3 is 5.97 Å². The molecule has 0 radical (unpaired) electrons. The Kier molecular flexibility index (Phi) is 6.53. The molecule has 0 saturated heterocycles. The van der Waals surface area contributed by atoms with Crippen LogP contribution in [0.2, 0.25) is 5.15 Å². The van der Waals surface area contributed by atoms with Crippen molar-refractivity contribution >= 4 is 50.2 Å². The summed E-state index contributed by atoms with van der Waals surface area (Å²) in [6, 6.07) is 17.3. The minimum atomic E-state index is -0.680. The molecule has 2 aromatic carbocycles. The number of rotatable bonds is 7. The van der Waals surface area contributed by atoms with Crippen LogP contribution in [0.15, 0.2) is 54.6 Å². The molecule has 0 bridgehead atoms. The number of hydrogen-bond acceptors (Lipinski definition) is 6. The van der Waals surface area contributed by atoms with Gasteiger partial charge in [-0.05, 0) is 31.5 Å². The summed E-state index contributed by atoms with van der Waals surface area (Å²) >= 11 is 7.83. The van der Waals surface area contributed by atoms with Crippen LogP contribution in [0.3, 0.4) is 0 Å². The van der Waals surface area contributed by atoms with Gasteiger partial charge in [0.2, 0.25) is 0 Å². The Morgan fingerprint density at radius 3 is 2.56 bits per heavy atom. The molecule has 0 unspecified atom stereocenters. The number of aryl methyl sites for hydroxylation is 1. The second kappa shape index (κ2) is 9.50. The quantitative estimate of drug-likeness (QED) is 0.367. The number of para-hydroxylation sites is 1. The Labute approximate surface area is 194 Å². The second-order valence-corrected chi connectivity index (χ2v) is 8.44. The predicted octanol–water partition coefficient (Wildman–Crippen LogP) is 4.71. The Bertz CT molecular complexity index is 1240. The number of carbonyl (C=O) groups is 2. The van der Waals surface area contributed by atoms with Crippen LogP contribution in [-0.4, -0.2) is 39.8 Å². The van der Waals surface area contributed by atoms with Crippen molar-refractivity contribution in [3.8, 4) is 0 Å². The monoisotopic (exact) mass is 468 g/mol. The van der Waals surface area contributed by atoms with Crippen LogP contribution >= 0.6 is 22.9 Å². The predicted molar refractivity (Wildman–Crippen MR) is 125 cm³/mol. The molecule has 32 heavy (non-hydrogen) atoms. The number of amides is 1. The van der Waals surface area contributed by atoms with E-state index in [1.54, 1.807) is 11.6 Å². The van der Waals surface area contributed by atoms with E-state index in [0.717, 1.165) is 15.8 Å². The second-order valence-electron chi connectivity index (χ2n) is 7.07. The summed E-state index contributed by atoms with van der Waals surface area (Å²) in [6.45, 7) is 3.95. The fourth-order valence-corrected chi connectivity index (χ4v) is 4.68. The summed E-state index contributed by atoms with van der Waals surface area (Å²) in [6.07, 6.45) is 0. The first kappa shape index (κ1) is 22.0. The van der Waals surface area contributed by atoms with Crippen molar-refractivity contribution in [3.63, 3.8) is 0 Å². The molecular weight excluding hydrogens is 448 g/mol. The lowest BCUT2D eigenvalue weighted by Crippen LogP contribution is -2.34. The maximum Gasteiger partial charge on any atom is 0.343 e. The third kappa shape index (κ3) is 4.51. The number of hydrogen-bond donors (Lipinski definition) is 0. The van der Waals surface area contributed by atoms with Crippen molar-refractivity contribution in [1.29, 1.82) is 0 Å². The van der Waals surface area contributed by atoms with Gasteiger partial charge in [0.05, 0.1) is 22.5 Å². The Morgan fingerprint density at radius 2 is 1.84 bits per heavy atom. The van der Waals surface area contributed by atoms with Crippen LogP contribution in [0.25, 0.3) is 10.2 Å². The molecule has 164 valence electrons. The first-order valence-electron chi connectivity index (χ1n) is 10.1. The Balaban J connectivity index is 1.45. The average molecular weight is 469 g/mol. The highest BCUT2D eigenvalue weighted by Gasteiger charge is 2.24. The van der Waals surface area contributed by atoms with Crippen molar-refractivity contribution in [1.82, 2.24) is 14.8 Å². The summed E-state index contributed by atoms with van der Waals surface area (Å²) in [5.41, 5.74) is 2.44. The van der Waals surface area contributed by atoms with Gasteiger partial charge in [-0.2, -0.15) is 5.10 Å². The number of halogens is 1. The van der Waals surface area contributed by atoms with Crippen LogP contribution in [0.4, 0.5) is 5.13 Å². The molecular formula is C23H21ClN4O3S. The third-order valence-electron chi connectivity index (χ3n) is 4.90. The van der Waals surface area contributed by atoms with E-state index >= 15 is 0 Å². The molecule has 7 nitrogen and oxygen atoms in total. The van der Waals surface area contributed by atoms with Crippen LogP contribution in [0, 0.1) is 6.92 Å². The van der Waals surface area contributed by atoms with E-state index in [1.165, 1.54) is 16.2 Å². The first-order valence-corrected chi connectivity index (χ1v) is 11.3. The molecule has 9 heteroatoms. The SMILES string of the molecule is CCN(C(=O)COC(=O)c1c(C)nn(Cc2ccccc2)c1Cl)c1nc2ccccc2s1. The lowest BCUT2D eigenvalue weighted by molar-refractivity contribution is -0.121. The van der Waals surface area contributed by atoms with Crippen molar-refractivity contribution < 1.29 is 14.3 Å². The summed E-state index contributed by atoms with van der Waals surface area (Å²) in [7, 11) is 0. The van der Waals surface area contributed by atoms with Gasteiger partial charge in [-0.3, -0.25) is 9.69 Å². The number of ether oxygens (including phenoxy) is 1. The van der Waals surface area contributed by atoms with E-state index in [9.17, 15) is 9.59 Å². The van der Waals surface area contributed by atoms with Crippen LogP contribution in [0.1, 0.15) is 28.5 Å². The largest absolute Gasteiger partial charge is 0.452 e. The molecule has 0 saturated carbocycles. The maximum atomic E-state index is 12.8. The molecule has 1 amide bonds. The van der Waals surface area contributed by atoms with Crippen LogP contribution < -0.4 is 4.90 Å². The molecule has 2 heterocycles. The number of nitrogens with zero attached hydrogens (tertiary/aromatic N) is 4. The highest BCUT2D eigenvalue weighted by atomic mass is 35.5. The van der Waals surface area contributed by atoms with Gasteiger partial charge in [-0.1, -0.05) is 65.4 Å². The molecule has 0 aliphatic carbocycles. The van der Waals surface area contributed by atoms with Crippen molar-refractivity contribution in [2.75, 3.05) is 18.1 Å². The molecule has 4 aromatic rings. The molecule has 2 aromatic heterocycles. The summed E-state index contributed by atoms with van der Waals surface area (Å²) in [5, 5.41) is 5.11. The molecule has 0 atom stereocenters. The Morgan fingerprint density at radius 1 is 1.12 bits per heavy atom. The molecule has 0 aliphatic heterocycles. The minimum absolute atomic E-state index is 0.165. The molecule has 0 aliphatic rings. The summed E-state index contributed by atoms with van der Waals surface area (Å²) in [4.78, 5) is 31.5. The molecule has 4 rings (SSSR count). The fraction of sp³-hybridized carbons (Fsp3) is 0.217. The number of aromatic nitrogens is 3. The zero-order valence-corrected chi connectivity index (χ0v) is 19.2. The van der Waals surface area contributed by atoms with Gasteiger partial charge in [-0.25, -0.2) is 14.5 Å². The minimum Gasteiger partial charge on any atom is -0.452 e. The number of carbonyl (C=O) groups excluding carboxylic acids is 2. The first-order chi connectivity index (χ1) is 15.5. The summed E-state index contributed by atoms with van der Waals surface area (Å²) in [5.74, 6) is -1.04. The molecule has 0 spiro atoms. The number of esters is 1. The highest BCUT2D eigenvalue weighted by Crippen LogP contribution is 2.28. The van der Waals surface area contributed by atoms with Gasteiger partial charge in [0.25, 0.3) is 5.91 Å². The van der Waals surface area contributed by atoms with E-state index in [0.29, 0.717) is 23.9 Å². The van der Waals surface area contributed by atoms with Gasteiger partial charge in [0, 0.05) is 6.54 Å². The lowest BCUT2D eigenvalue weighted by atomic mass is 10.2. The van der Waals surface area contributed by atoms with E-state index in [1.807, 2.05) is 61.5 Å². The van der Waals surface area contributed by atoms with Crippen LogP contribution in [-0.2, 0) is 16.1 Å². The maximum absolute atomic E-state index is 12.8. The number of likely N-dealkylation sites (N-methyl/N-ethyl adjacent to an activating group) is 1. The normalized spacial score (nSPS) is 11.0. The topological polar surface area (TPSA) is 77.3 Å². The third-order valence-corrected chi connectivity index (χ3v) is 6.35. The lowest BCUT2D eigenvalue weighted by Gasteiger charge is -2.17. The van der Waals surface area contributed by atoms with Gasteiger partial charge < -0.3 is 4.74 Å². The number of benzene rings is 2. The standard InChI is InChI=1S/C23H21ClN4O3S/c1-3-27(23-25-17-11-7-8-12-18(17)32-23)19(29)14-31-22(30)20-15(2)26-28(21(20)24)13-16-9-5-4-6-10-16/h4-12H,3,13-14H2,1-2H3. The smallest absolute Gasteiger partial charge is 0.343 e. The fourth-order valence-electron chi connectivity index (χ4n) is 3.32. The molecule has 0 N–H and O–H groups in total. The zero-order valence-electron chi connectivity index (χ0n) is 17.6. The van der Waals surface area contributed by atoms with Crippen molar-refractivity contribution in [2.24, 2.45) is 0 Å². The number of fused-ring (bicyclic) bond motifs is 1.